The monoisotopic (exact) mass is 388 g/mol. The highest BCUT2D eigenvalue weighted by Crippen LogP contribution is 2.32. The highest BCUT2D eigenvalue weighted by atomic mass is 19.1. The van der Waals surface area contributed by atoms with E-state index in [1.165, 1.54) is 18.3 Å². The lowest BCUT2D eigenvalue weighted by Crippen LogP contribution is -2.28. The maximum atomic E-state index is 14.4. The molecular weight excluding hydrogens is 367 g/mol. The lowest BCUT2D eigenvalue weighted by Gasteiger charge is -2.23. The van der Waals surface area contributed by atoms with Crippen LogP contribution in [0.4, 0.5) is 4.39 Å². The number of benzene rings is 2. The van der Waals surface area contributed by atoms with Crippen LogP contribution in [0.25, 0.3) is 6.08 Å². The first-order valence-electron chi connectivity index (χ1n) is 9.62. The van der Waals surface area contributed by atoms with E-state index in [9.17, 15) is 9.18 Å². The summed E-state index contributed by atoms with van der Waals surface area (Å²) >= 11 is 0. The van der Waals surface area contributed by atoms with Crippen molar-refractivity contribution in [1.82, 2.24) is 9.88 Å². The van der Waals surface area contributed by atoms with Crippen LogP contribution in [0.2, 0.25) is 0 Å². The number of hydrogen-bond donors (Lipinski definition) is 0. The molecular formula is C24H21FN2O2. The largest absolute Gasteiger partial charge is 0.453 e. The molecule has 1 aliphatic heterocycles. The molecule has 1 atom stereocenters. The summed E-state index contributed by atoms with van der Waals surface area (Å²) in [6, 6.07) is 18.2. The van der Waals surface area contributed by atoms with Gasteiger partial charge in [0.05, 0.1) is 12.2 Å². The third kappa shape index (κ3) is 4.51. The van der Waals surface area contributed by atoms with E-state index in [1.807, 2.05) is 23.1 Å². The van der Waals surface area contributed by atoms with E-state index in [2.05, 4.69) is 17.1 Å². The first-order valence-corrected chi connectivity index (χ1v) is 9.62. The third-order valence-electron chi connectivity index (χ3n) is 4.96. The van der Waals surface area contributed by atoms with Crippen LogP contribution in [0.1, 0.15) is 30.0 Å². The fourth-order valence-corrected chi connectivity index (χ4v) is 3.55. The molecule has 2 heterocycles. The minimum atomic E-state index is -0.494. The summed E-state index contributed by atoms with van der Waals surface area (Å²) in [6.45, 7) is 0.731. The van der Waals surface area contributed by atoms with Gasteiger partial charge in [0.15, 0.2) is 11.6 Å². The molecule has 4 rings (SSSR count). The van der Waals surface area contributed by atoms with Gasteiger partial charge in [-0.25, -0.2) is 4.39 Å². The summed E-state index contributed by atoms with van der Waals surface area (Å²) < 4.78 is 19.9. The van der Waals surface area contributed by atoms with E-state index in [0.717, 1.165) is 24.9 Å². The highest BCUT2D eigenvalue weighted by molar-refractivity contribution is 5.92. The van der Waals surface area contributed by atoms with Crippen molar-refractivity contribution in [1.29, 1.82) is 0 Å². The van der Waals surface area contributed by atoms with E-state index in [-0.39, 0.29) is 17.7 Å². The minimum Gasteiger partial charge on any atom is -0.453 e. The first kappa shape index (κ1) is 18.9. The number of pyridine rings is 1. The minimum absolute atomic E-state index is 0.0625. The molecule has 1 fully saturated rings. The predicted molar refractivity (Wildman–Crippen MR) is 110 cm³/mol. The first-order chi connectivity index (χ1) is 14.2. The molecule has 1 aliphatic rings. The molecule has 0 N–H and O–H groups in total. The quantitative estimate of drug-likeness (QED) is 0.551. The molecule has 1 aromatic heterocycles. The Bertz CT molecular complexity index is 1010. The van der Waals surface area contributed by atoms with Gasteiger partial charge >= 0.3 is 0 Å². The zero-order valence-corrected chi connectivity index (χ0v) is 15.9. The summed E-state index contributed by atoms with van der Waals surface area (Å²) in [7, 11) is 0. The fourth-order valence-electron chi connectivity index (χ4n) is 3.55. The number of amides is 1. The van der Waals surface area contributed by atoms with Gasteiger partial charge in [-0.1, -0.05) is 36.4 Å². The third-order valence-corrected chi connectivity index (χ3v) is 4.96. The molecule has 0 spiro atoms. The number of nitrogens with zero attached hydrogens (tertiary/aromatic N) is 2. The number of hydrogen-bond acceptors (Lipinski definition) is 3. The SMILES string of the molecule is O=C(/C=C/c1ccc(Oc2cccnc2)c(F)c1)N1CCCC1c1ccccc1. The van der Waals surface area contributed by atoms with Gasteiger partial charge < -0.3 is 9.64 Å². The van der Waals surface area contributed by atoms with E-state index >= 15 is 0 Å². The molecule has 4 nitrogen and oxygen atoms in total. The highest BCUT2D eigenvalue weighted by Gasteiger charge is 2.28. The van der Waals surface area contributed by atoms with Gasteiger partial charge in [-0.2, -0.15) is 0 Å². The molecule has 0 aliphatic carbocycles. The van der Waals surface area contributed by atoms with E-state index in [1.54, 1.807) is 36.5 Å². The molecule has 5 heteroatoms. The van der Waals surface area contributed by atoms with Gasteiger partial charge in [0, 0.05) is 18.8 Å². The predicted octanol–water partition coefficient (Wildman–Crippen LogP) is 5.39. The molecule has 0 bridgehead atoms. The second-order valence-electron chi connectivity index (χ2n) is 6.91. The second-order valence-corrected chi connectivity index (χ2v) is 6.91. The van der Waals surface area contributed by atoms with Crippen LogP contribution in [-0.4, -0.2) is 22.3 Å². The Hall–Kier alpha value is -3.47. The number of carbonyl (C=O) groups excluding carboxylic acids is 1. The van der Waals surface area contributed by atoms with E-state index in [0.29, 0.717) is 11.3 Å². The molecule has 1 unspecified atom stereocenters. The van der Waals surface area contributed by atoms with Crippen molar-refractivity contribution in [3.63, 3.8) is 0 Å². The van der Waals surface area contributed by atoms with Gasteiger partial charge in [-0.05, 0) is 54.3 Å². The number of ether oxygens (including phenoxy) is 1. The average Bonchev–Trinajstić information content (AvgIpc) is 3.25. The van der Waals surface area contributed by atoms with Crippen molar-refractivity contribution in [2.24, 2.45) is 0 Å². The molecule has 0 radical (unpaired) electrons. The Morgan fingerprint density at radius 1 is 1.14 bits per heavy atom. The summed E-state index contributed by atoms with van der Waals surface area (Å²) in [5.41, 5.74) is 1.75. The van der Waals surface area contributed by atoms with Crippen LogP contribution in [0.3, 0.4) is 0 Å². The maximum Gasteiger partial charge on any atom is 0.247 e. The Morgan fingerprint density at radius 2 is 2.00 bits per heavy atom. The number of aromatic nitrogens is 1. The Kier molecular flexibility index (Phi) is 5.66. The van der Waals surface area contributed by atoms with Gasteiger partial charge in [-0.15, -0.1) is 0 Å². The zero-order valence-electron chi connectivity index (χ0n) is 15.9. The normalized spacial score (nSPS) is 16.3. The Morgan fingerprint density at radius 3 is 2.76 bits per heavy atom. The fraction of sp³-hybridized carbons (Fsp3) is 0.167. The molecule has 0 saturated carbocycles. The van der Waals surface area contributed by atoms with Gasteiger partial charge in [-0.3, -0.25) is 9.78 Å². The summed E-state index contributed by atoms with van der Waals surface area (Å²) in [4.78, 5) is 18.5. The summed E-state index contributed by atoms with van der Waals surface area (Å²) in [5, 5.41) is 0. The maximum absolute atomic E-state index is 14.4. The second kappa shape index (κ2) is 8.69. The van der Waals surface area contributed by atoms with E-state index in [4.69, 9.17) is 4.74 Å². The van der Waals surface area contributed by atoms with Crippen molar-refractivity contribution in [2.45, 2.75) is 18.9 Å². The standard InChI is InChI=1S/C24H21FN2O2/c25-21-16-18(10-12-23(21)29-20-8-4-14-26-17-20)11-13-24(28)27-15-5-9-22(27)19-6-2-1-3-7-19/h1-4,6-8,10-14,16-17,22H,5,9,15H2/b13-11+. The molecule has 1 saturated heterocycles. The summed E-state index contributed by atoms with van der Waals surface area (Å²) in [6.07, 6.45) is 8.23. The molecule has 146 valence electrons. The smallest absolute Gasteiger partial charge is 0.247 e. The van der Waals surface area contributed by atoms with Gasteiger partial charge in [0.25, 0.3) is 0 Å². The molecule has 3 aromatic rings. The molecule has 29 heavy (non-hydrogen) atoms. The van der Waals surface area contributed by atoms with Crippen LogP contribution < -0.4 is 4.74 Å². The number of halogens is 1. The summed E-state index contributed by atoms with van der Waals surface area (Å²) in [5.74, 6) is 0.0234. The van der Waals surface area contributed by atoms with Crippen LogP contribution in [0.5, 0.6) is 11.5 Å². The van der Waals surface area contributed by atoms with Gasteiger partial charge in [0.2, 0.25) is 5.91 Å². The topological polar surface area (TPSA) is 42.4 Å². The van der Waals surface area contributed by atoms with Crippen molar-refractivity contribution >= 4 is 12.0 Å². The van der Waals surface area contributed by atoms with Crippen LogP contribution in [-0.2, 0) is 4.79 Å². The van der Waals surface area contributed by atoms with Crippen molar-refractivity contribution in [2.75, 3.05) is 6.54 Å². The molecule has 2 aromatic carbocycles. The van der Waals surface area contributed by atoms with Crippen LogP contribution in [0, 0.1) is 5.82 Å². The Labute approximate surface area is 169 Å². The number of rotatable bonds is 5. The van der Waals surface area contributed by atoms with Crippen molar-refractivity contribution in [3.8, 4) is 11.5 Å². The number of likely N-dealkylation sites (tertiary alicyclic amines) is 1. The average molecular weight is 388 g/mol. The molecule has 1 amide bonds. The Balaban J connectivity index is 1.44. The van der Waals surface area contributed by atoms with Gasteiger partial charge in [0.1, 0.15) is 5.75 Å². The van der Waals surface area contributed by atoms with Crippen molar-refractivity contribution < 1.29 is 13.9 Å². The van der Waals surface area contributed by atoms with Crippen LogP contribution >= 0.6 is 0 Å². The number of carbonyl (C=O) groups is 1. The van der Waals surface area contributed by atoms with E-state index < -0.39 is 5.82 Å². The zero-order chi connectivity index (χ0) is 20.1. The lowest BCUT2D eigenvalue weighted by molar-refractivity contribution is -0.126. The van der Waals surface area contributed by atoms with Crippen LogP contribution in [0.15, 0.2) is 79.1 Å². The lowest BCUT2D eigenvalue weighted by atomic mass is 10.0. The van der Waals surface area contributed by atoms with Crippen molar-refractivity contribution in [3.05, 3.63) is 96.1 Å².